The quantitative estimate of drug-likeness (QED) is 0.590. The summed E-state index contributed by atoms with van der Waals surface area (Å²) in [6.07, 6.45) is -6.74. The van der Waals surface area contributed by atoms with Crippen LogP contribution >= 0.6 is 0 Å². The Morgan fingerprint density at radius 2 is 1.56 bits per heavy atom. The zero-order valence-corrected chi connectivity index (χ0v) is 13.4. The Hall–Kier alpha value is -3.23. The van der Waals surface area contributed by atoms with Gasteiger partial charge in [-0.25, -0.2) is 9.59 Å². The first-order valence-electron chi connectivity index (χ1n) is 7.82. The van der Waals surface area contributed by atoms with Crippen LogP contribution in [0.5, 0.6) is 0 Å². The summed E-state index contributed by atoms with van der Waals surface area (Å²) in [5.41, 5.74) is -1.46. The van der Waals surface area contributed by atoms with E-state index in [4.69, 9.17) is 0 Å². The molecule has 0 bridgehead atoms. The van der Waals surface area contributed by atoms with E-state index in [9.17, 15) is 32.3 Å². The van der Waals surface area contributed by atoms with Gasteiger partial charge in [-0.1, -0.05) is 24.3 Å². The van der Waals surface area contributed by atoms with Gasteiger partial charge >= 0.3 is 30.1 Å². The van der Waals surface area contributed by atoms with Gasteiger partial charge in [-0.15, -0.1) is 0 Å². The lowest BCUT2D eigenvalue weighted by Crippen LogP contribution is -2.20. The largest absolute Gasteiger partial charge is 0.393 e. The molecule has 4 rings (SSSR count). The highest BCUT2D eigenvalue weighted by atomic mass is 19.4. The second-order valence-electron chi connectivity index (χ2n) is 6.21. The van der Waals surface area contributed by atoms with Gasteiger partial charge in [0, 0.05) is 0 Å². The Morgan fingerprint density at radius 1 is 0.926 bits per heavy atom. The van der Waals surface area contributed by atoms with Crippen molar-refractivity contribution in [3.63, 3.8) is 0 Å². The van der Waals surface area contributed by atoms with Crippen molar-refractivity contribution in [3.05, 3.63) is 46.5 Å². The van der Waals surface area contributed by atoms with Gasteiger partial charge in [0.25, 0.3) is 0 Å². The van der Waals surface area contributed by atoms with Crippen molar-refractivity contribution in [3.8, 4) is 0 Å². The van der Waals surface area contributed by atoms with Gasteiger partial charge in [-0.05, 0) is 21.9 Å². The highest BCUT2D eigenvalue weighted by Gasteiger charge is 2.45. The number of halogens is 3. The smallest absolute Gasteiger partial charge is 0.393 e. The molecule has 2 aromatic rings. The molecule has 0 radical (unpaired) electrons. The van der Waals surface area contributed by atoms with Crippen LogP contribution in [0, 0.1) is 0 Å². The fraction of sp³-hybridized carbons (Fsp3) is 0.222. The molecule has 0 saturated carbocycles. The lowest BCUT2D eigenvalue weighted by Gasteiger charge is -2.19. The summed E-state index contributed by atoms with van der Waals surface area (Å²) in [6, 6.07) is 5.91. The van der Waals surface area contributed by atoms with Gasteiger partial charge in [0.05, 0.1) is 29.9 Å². The van der Waals surface area contributed by atoms with Crippen molar-refractivity contribution in [2.45, 2.75) is 24.9 Å². The predicted octanol–water partition coefficient (Wildman–Crippen LogP) is 2.81. The third-order valence-electron chi connectivity index (χ3n) is 4.55. The zero-order chi connectivity index (χ0) is 19.5. The number of fused-ring (bicyclic) bond motifs is 3. The number of ether oxygens (including phenoxy) is 2. The molecule has 2 heterocycles. The Kier molecular flexibility index (Phi) is 3.59. The van der Waals surface area contributed by atoms with E-state index in [-0.39, 0.29) is 21.9 Å². The highest BCUT2D eigenvalue weighted by Crippen LogP contribution is 2.43. The lowest BCUT2D eigenvalue weighted by molar-refractivity contribution is -0.152. The monoisotopic (exact) mass is 378 g/mol. The van der Waals surface area contributed by atoms with Gasteiger partial charge < -0.3 is 9.47 Å². The average molecular weight is 378 g/mol. The second-order valence-corrected chi connectivity index (χ2v) is 6.21. The number of rotatable bonds is 2. The van der Waals surface area contributed by atoms with Gasteiger partial charge in [0.2, 0.25) is 0 Å². The summed E-state index contributed by atoms with van der Waals surface area (Å²) in [6.45, 7) is 0. The fourth-order valence-electron chi connectivity index (χ4n) is 3.62. The molecular weight excluding hydrogens is 369 g/mol. The minimum Gasteiger partial charge on any atom is -0.393 e. The summed E-state index contributed by atoms with van der Waals surface area (Å²) in [5.74, 6) is -5.42. The Bertz CT molecular complexity index is 1050. The van der Waals surface area contributed by atoms with E-state index in [0.717, 1.165) is 0 Å². The van der Waals surface area contributed by atoms with Crippen molar-refractivity contribution >= 4 is 34.6 Å². The van der Waals surface area contributed by atoms with Crippen LogP contribution in [-0.4, -0.2) is 30.1 Å². The van der Waals surface area contributed by atoms with Gasteiger partial charge in [-0.2, -0.15) is 13.2 Å². The van der Waals surface area contributed by atoms with E-state index in [2.05, 4.69) is 9.47 Å². The van der Waals surface area contributed by atoms with E-state index in [1.807, 2.05) is 0 Å². The molecule has 1 saturated heterocycles. The van der Waals surface area contributed by atoms with E-state index >= 15 is 0 Å². The van der Waals surface area contributed by atoms with Gasteiger partial charge in [0.1, 0.15) is 0 Å². The molecule has 27 heavy (non-hydrogen) atoms. The number of carbonyl (C=O) groups excluding carboxylic acids is 4. The van der Waals surface area contributed by atoms with Crippen molar-refractivity contribution in [2.24, 2.45) is 0 Å². The van der Waals surface area contributed by atoms with Crippen molar-refractivity contribution < 1.29 is 41.8 Å². The van der Waals surface area contributed by atoms with Crippen LogP contribution in [0.4, 0.5) is 13.2 Å². The van der Waals surface area contributed by atoms with Crippen LogP contribution < -0.4 is 0 Å². The summed E-state index contributed by atoms with van der Waals surface area (Å²) in [5, 5.41) is 0.343. The van der Waals surface area contributed by atoms with Crippen LogP contribution in [0.3, 0.4) is 0 Å². The number of alkyl halides is 3. The minimum atomic E-state index is -4.73. The first kappa shape index (κ1) is 17.2. The van der Waals surface area contributed by atoms with Gasteiger partial charge in [-0.3, -0.25) is 9.59 Å². The van der Waals surface area contributed by atoms with E-state index in [1.165, 1.54) is 24.3 Å². The molecule has 2 aromatic carbocycles. The number of hydrogen-bond acceptors (Lipinski definition) is 6. The zero-order valence-electron chi connectivity index (χ0n) is 13.4. The molecule has 0 amide bonds. The topological polar surface area (TPSA) is 86.7 Å². The standard InChI is InChI=1S/C18H9F3O6/c19-18(20,21)6-10-12(9-5-11(22)26-15(9)23)7-3-1-2-4-8(7)13-14(10)17(25)27-16(13)24/h1-4,9H,5-6H2. The molecular formula is C18H9F3O6. The molecule has 2 aliphatic rings. The van der Waals surface area contributed by atoms with Crippen LogP contribution in [0.2, 0.25) is 0 Å². The molecule has 9 heteroatoms. The van der Waals surface area contributed by atoms with E-state index < -0.39 is 59.9 Å². The van der Waals surface area contributed by atoms with Crippen molar-refractivity contribution in [1.82, 2.24) is 0 Å². The number of cyclic esters (lactones) is 4. The molecule has 0 aromatic heterocycles. The number of benzene rings is 2. The summed E-state index contributed by atoms with van der Waals surface area (Å²) in [4.78, 5) is 47.8. The number of carbonyl (C=O) groups is 4. The van der Waals surface area contributed by atoms with Crippen molar-refractivity contribution in [2.75, 3.05) is 0 Å². The van der Waals surface area contributed by atoms with Crippen LogP contribution in [0.15, 0.2) is 24.3 Å². The summed E-state index contributed by atoms with van der Waals surface area (Å²) >= 11 is 0. The average Bonchev–Trinajstić information content (AvgIpc) is 3.05. The maximum Gasteiger partial charge on any atom is 0.393 e. The second kappa shape index (κ2) is 5.63. The highest BCUT2D eigenvalue weighted by molar-refractivity contribution is 6.23. The van der Waals surface area contributed by atoms with Crippen LogP contribution in [0.1, 0.15) is 44.2 Å². The van der Waals surface area contributed by atoms with E-state index in [1.54, 1.807) is 0 Å². The lowest BCUT2D eigenvalue weighted by atomic mass is 9.82. The van der Waals surface area contributed by atoms with Gasteiger partial charge in [0.15, 0.2) is 0 Å². The fourth-order valence-corrected chi connectivity index (χ4v) is 3.62. The molecule has 2 aliphatic heterocycles. The number of esters is 4. The summed E-state index contributed by atoms with van der Waals surface area (Å²) in [7, 11) is 0. The third-order valence-corrected chi connectivity index (χ3v) is 4.55. The molecule has 1 atom stereocenters. The predicted molar refractivity (Wildman–Crippen MR) is 81.9 cm³/mol. The van der Waals surface area contributed by atoms with Crippen molar-refractivity contribution in [1.29, 1.82) is 0 Å². The van der Waals surface area contributed by atoms with Crippen LogP contribution in [-0.2, 0) is 25.5 Å². The third kappa shape index (κ3) is 2.66. The van der Waals surface area contributed by atoms with E-state index in [0.29, 0.717) is 0 Å². The Balaban J connectivity index is 2.13. The SMILES string of the molecule is O=C1CC(c2c(CC(F)(F)F)c3c(c4ccccc24)C(=O)OC3=O)C(=O)O1. The molecule has 6 nitrogen and oxygen atoms in total. The summed E-state index contributed by atoms with van der Waals surface area (Å²) < 4.78 is 48.8. The minimum absolute atomic E-state index is 0.135. The maximum atomic E-state index is 13.3. The Labute approximate surface area is 148 Å². The molecule has 138 valence electrons. The first-order chi connectivity index (χ1) is 12.7. The molecule has 1 fully saturated rings. The first-order valence-corrected chi connectivity index (χ1v) is 7.82. The molecule has 0 aliphatic carbocycles. The normalized spacial score (nSPS) is 19.4. The molecule has 0 spiro atoms. The van der Waals surface area contributed by atoms with Crippen LogP contribution in [0.25, 0.3) is 10.8 Å². The molecule has 1 unspecified atom stereocenters. The maximum absolute atomic E-state index is 13.3. The Morgan fingerprint density at radius 3 is 2.15 bits per heavy atom. The number of hydrogen-bond donors (Lipinski definition) is 0. The molecule has 0 N–H and O–H groups in total.